The fourth-order valence-electron chi connectivity index (χ4n) is 3.72. The highest BCUT2D eigenvalue weighted by atomic mass is 15.4. The first-order chi connectivity index (χ1) is 13.0. The lowest BCUT2D eigenvalue weighted by molar-refractivity contribution is -0.689. The highest BCUT2D eigenvalue weighted by molar-refractivity contribution is 5.48. The standard InChI is InChI=1S/C18H25N7/c1-12-13(2)25-14(3)16(22(6)18(25)19-12)24-9-8-15(23(24)7)17-20(4)10-11-21(17)5/h8-11H,1-7H3/q+2/i1D3. The number of nitrogens with zero attached hydrogens (tertiary/aromatic N) is 7. The van der Waals surface area contributed by atoms with Crippen LogP contribution < -0.4 is 9.25 Å². The van der Waals surface area contributed by atoms with Gasteiger partial charge in [-0.2, -0.15) is 9.55 Å². The maximum Gasteiger partial charge on any atom is 0.327 e. The number of aryl methyl sites for hydroxylation is 6. The van der Waals surface area contributed by atoms with Gasteiger partial charge in [0.25, 0.3) is 0 Å². The van der Waals surface area contributed by atoms with Gasteiger partial charge in [-0.15, -0.1) is 4.68 Å². The summed E-state index contributed by atoms with van der Waals surface area (Å²) in [5.41, 5.74) is 2.81. The lowest BCUT2D eigenvalue weighted by atomic mass is 10.3. The fourth-order valence-corrected chi connectivity index (χ4v) is 3.72. The van der Waals surface area contributed by atoms with Crippen molar-refractivity contribution in [1.82, 2.24) is 23.2 Å². The molecule has 4 rings (SSSR count). The van der Waals surface area contributed by atoms with Crippen LogP contribution in [0.3, 0.4) is 0 Å². The van der Waals surface area contributed by atoms with Crippen LogP contribution in [0.1, 0.15) is 21.2 Å². The van der Waals surface area contributed by atoms with Crippen LogP contribution in [0.15, 0.2) is 24.7 Å². The molecule has 0 saturated heterocycles. The second-order valence-corrected chi connectivity index (χ2v) is 6.56. The zero-order chi connectivity index (χ0) is 20.5. The summed E-state index contributed by atoms with van der Waals surface area (Å²) in [5.74, 6) is 2.64. The molecular weight excluding hydrogens is 314 g/mol. The normalized spacial score (nSPS) is 14.1. The predicted octanol–water partition coefficient (Wildman–Crippen LogP) is 1.04. The smallest absolute Gasteiger partial charge is 0.259 e. The molecule has 0 N–H and O–H groups in total. The quantitative estimate of drug-likeness (QED) is 0.502. The summed E-state index contributed by atoms with van der Waals surface area (Å²) in [4.78, 5) is 4.44. The Morgan fingerprint density at radius 2 is 1.88 bits per heavy atom. The van der Waals surface area contributed by atoms with Gasteiger partial charge < -0.3 is 0 Å². The number of hydrogen-bond donors (Lipinski definition) is 0. The molecule has 130 valence electrons. The van der Waals surface area contributed by atoms with Crippen molar-refractivity contribution in [2.24, 2.45) is 28.2 Å². The topological polar surface area (TPSA) is 39.8 Å². The maximum absolute atomic E-state index is 7.74. The molecule has 0 saturated carbocycles. The van der Waals surface area contributed by atoms with E-state index in [0.717, 1.165) is 23.0 Å². The minimum atomic E-state index is -2.23. The average Bonchev–Trinajstić information content (AvgIpc) is 3.29. The fraction of sp³-hybridized carbons (Fsp3) is 0.389. The second-order valence-electron chi connectivity index (χ2n) is 6.56. The summed E-state index contributed by atoms with van der Waals surface area (Å²) in [5, 5.41) is 0. The van der Waals surface area contributed by atoms with Gasteiger partial charge in [0.2, 0.25) is 0 Å². The molecule has 0 aromatic carbocycles. The van der Waals surface area contributed by atoms with Crippen molar-refractivity contribution in [3.8, 4) is 17.3 Å². The van der Waals surface area contributed by atoms with Crippen molar-refractivity contribution in [3.05, 3.63) is 41.7 Å². The zero-order valence-corrected chi connectivity index (χ0v) is 15.4. The Balaban J connectivity index is 1.95. The molecule has 0 spiro atoms. The summed E-state index contributed by atoms with van der Waals surface area (Å²) in [7, 11) is 7.97. The van der Waals surface area contributed by atoms with E-state index in [0.29, 0.717) is 11.5 Å². The minimum absolute atomic E-state index is 0.154. The minimum Gasteiger partial charge on any atom is -0.259 e. The van der Waals surface area contributed by atoms with E-state index in [-0.39, 0.29) is 5.69 Å². The molecule has 0 radical (unpaired) electrons. The Labute approximate surface area is 151 Å². The molecule has 4 heterocycles. The molecule has 0 fully saturated rings. The Morgan fingerprint density at radius 3 is 2.48 bits per heavy atom. The third-order valence-corrected chi connectivity index (χ3v) is 5.04. The highest BCUT2D eigenvalue weighted by Gasteiger charge is 2.29. The van der Waals surface area contributed by atoms with Gasteiger partial charge in [0.1, 0.15) is 24.3 Å². The highest BCUT2D eigenvalue weighted by Crippen LogP contribution is 2.21. The van der Waals surface area contributed by atoms with Crippen molar-refractivity contribution in [2.45, 2.75) is 20.7 Å². The summed E-state index contributed by atoms with van der Waals surface area (Å²) in [6, 6.07) is 2.07. The van der Waals surface area contributed by atoms with Crippen molar-refractivity contribution in [1.29, 1.82) is 0 Å². The molecule has 7 heteroatoms. The third-order valence-electron chi connectivity index (χ3n) is 5.04. The first kappa shape index (κ1) is 12.5. The van der Waals surface area contributed by atoms with E-state index in [1.807, 2.05) is 69.6 Å². The summed E-state index contributed by atoms with van der Waals surface area (Å²) >= 11 is 0. The number of aromatic nitrogens is 7. The average molecular weight is 342 g/mol. The Morgan fingerprint density at radius 1 is 1.12 bits per heavy atom. The van der Waals surface area contributed by atoms with Crippen LogP contribution in [0.5, 0.6) is 0 Å². The number of hydrogen-bond acceptors (Lipinski definition) is 1. The molecule has 0 unspecified atom stereocenters. The molecule has 0 atom stereocenters. The Hall–Kier alpha value is -2.83. The third kappa shape index (κ3) is 1.95. The molecule has 25 heavy (non-hydrogen) atoms. The van der Waals surface area contributed by atoms with Crippen LogP contribution in [-0.2, 0) is 28.2 Å². The summed E-state index contributed by atoms with van der Waals surface area (Å²) in [6.45, 7) is 1.57. The Kier molecular flexibility index (Phi) is 2.54. The lowest BCUT2D eigenvalue weighted by Gasteiger charge is -2.04. The second kappa shape index (κ2) is 5.08. The summed E-state index contributed by atoms with van der Waals surface area (Å²) < 4.78 is 35.4. The van der Waals surface area contributed by atoms with Crippen molar-refractivity contribution >= 4 is 5.78 Å². The van der Waals surface area contributed by atoms with Crippen LogP contribution in [0, 0.1) is 20.7 Å². The van der Waals surface area contributed by atoms with E-state index in [2.05, 4.69) is 29.5 Å². The molecule has 4 aromatic heterocycles. The number of rotatable bonds is 2. The van der Waals surface area contributed by atoms with Crippen molar-refractivity contribution in [2.75, 3.05) is 0 Å². The lowest BCUT2D eigenvalue weighted by Crippen LogP contribution is -2.42. The van der Waals surface area contributed by atoms with E-state index in [1.54, 1.807) is 0 Å². The van der Waals surface area contributed by atoms with Crippen LogP contribution in [-0.4, -0.2) is 23.2 Å². The van der Waals surface area contributed by atoms with E-state index < -0.39 is 6.85 Å². The largest absolute Gasteiger partial charge is 0.327 e. The van der Waals surface area contributed by atoms with Crippen molar-refractivity contribution in [3.63, 3.8) is 0 Å². The van der Waals surface area contributed by atoms with Crippen LogP contribution >= 0.6 is 0 Å². The monoisotopic (exact) mass is 342 g/mol. The SMILES string of the molecule is [2H]C([2H])([2H])c1nc2n(C)c(-[n+]3ccc(-c4n(C)cc[n+]4C)n3C)c(C)n2c1C. The number of fused-ring (bicyclic) bond motifs is 1. The van der Waals surface area contributed by atoms with Crippen LogP contribution in [0.2, 0.25) is 0 Å². The predicted molar refractivity (Wildman–Crippen MR) is 94.5 cm³/mol. The van der Waals surface area contributed by atoms with Gasteiger partial charge in [-0.3, -0.25) is 4.40 Å². The maximum atomic E-state index is 7.74. The van der Waals surface area contributed by atoms with Gasteiger partial charge in [-0.25, -0.2) is 13.8 Å². The van der Waals surface area contributed by atoms with Gasteiger partial charge in [-0.1, -0.05) is 0 Å². The van der Waals surface area contributed by atoms with Gasteiger partial charge in [0.05, 0.1) is 26.8 Å². The van der Waals surface area contributed by atoms with Gasteiger partial charge in [0, 0.05) is 22.9 Å². The van der Waals surface area contributed by atoms with Crippen molar-refractivity contribution < 1.29 is 13.4 Å². The molecule has 4 aromatic rings. The van der Waals surface area contributed by atoms with Gasteiger partial charge >= 0.3 is 17.4 Å². The molecule has 0 amide bonds. The molecule has 0 bridgehead atoms. The van der Waals surface area contributed by atoms with E-state index >= 15 is 0 Å². The molecular formula is C18H25N7+2. The summed E-state index contributed by atoms with van der Waals surface area (Å²) in [6.07, 6.45) is 6.06. The molecule has 7 nitrogen and oxygen atoms in total. The first-order valence-corrected chi connectivity index (χ1v) is 8.18. The molecule has 0 aliphatic heterocycles. The van der Waals surface area contributed by atoms with Gasteiger partial charge in [-0.05, 0) is 20.7 Å². The zero-order valence-electron chi connectivity index (χ0n) is 18.4. The van der Waals surface area contributed by atoms with Crippen LogP contribution in [0.25, 0.3) is 23.1 Å². The Bertz CT molecular complexity index is 1200. The molecule has 0 aliphatic carbocycles. The van der Waals surface area contributed by atoms with E-state index in [4.69, 9.17) is 4.11 Å². The van der Waals surface area contributed by atoms with Gasteiger partial charge in [0.15, 0.2) is 5.69 Å². The van der Waals surface area contributed by atoms with Crippen LogP contribution in [0.4, 0.5) is 0 Å². The molecule has 0 aliphatic rings. The number of imidazole rings is 3. The van der Waals surface area contributed by atoms with E-state index in [1.165, 1.54) is 0 Å². The van der Waals surface area contributed by atoms with E-state index in [9.17, 15) is 0 Å². The first-order valence-electron chi connectivity index (χ1n) is 9.68.